The lowest BCUT2D eigenvalue weighted by Gasteiger charge is -1.84. The molecule has 0 aromatic heterocycles. The molecule has 0 amide bonds. The van der Waals surface area contributed by atoms with Gasteiger partial charge in [0.1, 0.15) is 5.76 Å². The molecule has 0 rings (SSSR count). The molecule has 0 aromatic rings. The van der Waals surface area contributed by atoms with Crippen molar-refractivity contribution in [3.05, 3.63) is 35.0 Å². The SMILES string of the molecule is C=C(O)/C=C\C(Br)=C/C. The van der Waals surface area contributed by atoms with Crippen molar-refractivity contribution in [3.63, 3.8) is 0 Å². The van der Waals surface area contributed by atoms with E-state index in [9.17, 15) is 0 Å². The van der Waals surface area contributed by atoms with Gasteiger partial charge in [-0.2, -0.15) is 0 Å². The second-order valence-corrected chi connectivity index (χ2v) is 2.41. The maximum atomic E-state index is 8.57. The van der Waals surface area contributed by atoms with Crippen LogP contribution in [0.2, 0.25) is 0 Å². The third kappa shape index (κ3) is 5.37. The Kier molecular flexibility index (Phi) is 4.14. The molecule has 2 heteroatoms. The summed E-state index contributed by atoms with van der Waals surface area (Å²) >= 11 is 3.23. The molecule has 0 aliphatic heterocycles. The fraction of sp³-hybridized carbons (Fsp3) is 0.143. The first-order valence-corrected chi connectivity index (χ1v) is 3.34. The monoisotopic (exact) mass is 188 g/mol. The minimum Gasteiger partial charge on any atom is -0.509 e. The third-order valence-corrected chi connectivity index (χ3v) is 1.43. The van der Waals surface area contributed by atoms with Crippen LogP contribution in [-0.2, 0) is 0 Å². The summed E-state index contributed by atoms with van der Waals surface area (Å²) in [4.78, 5) is 0. The van der Waals surface area contributed by atoms with E-state index in [4.69, 9.17) is 5.11 Å². The molecule has 0 bridgehead atoms. The van der Waals surface area contributed by atoms with Gasteiger partial charge in [-0.05, 0) is 19.1 Å². The van der Waals surface area contributed by atoms with E-state index in [0.717, 1.165) is 4.48 Å². The van der Waals surface area contributed by atoms with Crippen LogP contribution in [0.1, 0.15) is 6.92 Å². The first-order chi connectivity index (χ1) is 4.16. The number of aliphatic hydroxyl groups excluding tert-OH is 1. The van der Waals surface area contributed by atoms with E-state index >= 15 is 0 Å². The van der Waals surface area contributed by atoms with Gasteiger partial charge >= 0.3 is 0 Å². The van der Waals surface area contributed by atoms with Gasteiger partial charge in [-0.3, -0.25) is 0 Å². The zero-order chi connectivity index (χ0) is 7.28. The largest absolute Gasteiger partial charge is 0.509 e. The Labute approximate surface area is 63.5 Å². The molecule has 0 fully saturated rings. The number of rotatable bonds is 2. The quantitative estimate of drug-likeness (QED) is 0.523. The molecule has 0 aromatic carbocycles. The average Bonchev–Trinajstić information content (AvgIpc) is 1.83. The van der Waals surface area contributed by atoms with Gasteiger partial charge in [0.15, 0.2) is 0 Å². The lowest BCUT2D eigenvalue weighted by molar-refractivity contribution is 0.435. The summed E-state index contributed by atoms with van der Waals surface area (Å²) in [6, 6.07) is 0. The molecule has 1 N–H and O–H groups in total. The molecule has 0 aliphatic carbocycles. The summed E-state index contributed by atoms with van der Waals surface area (Å²) in [5, 5.41) is 8.57. The molecule has 0 saturated heterocycles. The Hall–Kier alpha value is -0.500. The van der Waals surface area contributed by atoms with Crippen LogP contribution in [0.3, 0.4) is 0 Å². The molecule has 9 heavy (non-hydrogen) atoms. The number of halogens is 1. The van der Waals surface area contributed by atoms with Gasteiger partial charge in [0.2, 0.25) is 0 Å². The summed E-state index contributed by atoms with van der Waals surface area (Å²) < 4.78 is 0.928. The molecule has 0 radical (unpaired) electrons. The number of hydrogen-bond donors (Lipinski definition) is 1. The normalized spacial score (nSPS) is 12.4. The van der Waals surface area contributed by atoms with Crippen molar-refractivity contribution in [1.82, 2.24) is 0 Å². The predicted octanol–water partition coefficient (Wildman–Crippen LogP) is 2.91. The molecule has 0 heterocycles. The summed E-state index contributed by atoms with van der Waals surface area (Å²) in [5.41, 5.74) is 0. The topological polar surface area (TPSA) is 20.2 Å². The summed E-state index contributed by atoms with van der Waals surface area (Å²) in [7, 11) is 0. The van der Waals surface area contributed by atoms with Gasteiger partial charge in [0.05, 0.1) is 0 Å². The predicted molar refractivity (Wildman–Crippen MR) is 43.6 cm³/mol. The van der Waals surface area contributed by atoms with Crippen LogP contribution >= 0.6 is 15.9 Å². The van der Waals surface area contributed by atoms with Gasteiger partial charge in [-0.1, -0.05) is 28.6 Å². The Balaban J connectivity index is 3.86. The maximum Gasteiger partial charge on any atom is 0.108 e. The molecule has 50 valence electrons. The fourth-order valence-electron chi connectivity index (χ4n) is 0.272. The van der Waals surface area contributed by atoms with Crippen LogP contribution < -0.4 is 0 Å². The smallest absolute Gasteiger partial charge is 0.108 e. The highest BCUT2D eigenvalue weighted by molar-refractivity contribution is 9.11. The van der Waals surface area contributed by atoms with Gasteiger partial charge in [0, 0.05) is 4.48 Å². The van der Waals surface area contributed by atoms with Crippen LogP contribution in [0.4, 0.5) is 0 Å². The van der Waals surface area contributed by atoms with Crippen molar-refractivity contribution in [2.75, 3.05) is 0 Å². The molecular weight excluding hydrogens is 180 g/mol. The highest BCUT2D eigenvalue weighted by atomic mass is 79.9. The van der Waals surface area contributed by atoms with Crippen molar-refractivity contribution in [3.8, 4) is 0 Å². The van der Waals surface area contributed by atoms with Gasteiger partial charge in [0.25, 0.3) is 0 Å². The van der Waals surface area contributed by atoms with Crippen LogP contribution in [0.25, 0.3) is 0 Å². The van der Waals surface area contributed by atoms with E-state index in [1.54, 1.807) is 6.08 Å². The first kappa shape index (κ1) is 8.50. The summed E-state index contributed by atoms with van der Waals surface area (Å²) in [6.45, 7) is 5.18. The molecule has 0 unspecified atom stereocenters. The molecule has 0 saturated carbocycles. The zero-order valence-electron chi connectivity index (χ0n) is 5.26. The minimum absolute atomic E-state index is 0.0637. The van der Waals surface area contributed by atoms with E-state index in [0.29, 0.717) is 0 Å². The lowest BCUT2D eigenvalue weighted by Crippen LogP contribution is -1.66. The van der Waals surface area contributed by atoms with E-state index in [1.165, 1.54) is 6.08 Å². The fourth-order valence-corrected chi connectivity index (χ4v) is 0.404. The molecular formula is C7H9BrO. The Bertz CT molecular complexity index is 156. The Morgan fingerprint density at radius 3 is 2.44 bits per heavy atom. The number of hydrogen-bond acceptors (Lipinski definition) is 1. The van der Waals surface area contributed by atoms with Crippen LogP contribution in [-0.4, -0.2) is 5.11 Å². The highest BCUT2D eigenvalue weighted by Crippen LogP contribution is 2.05. The third-order valence-electron chi connectivity index (χ3n) is 0.711. The lowest BCUT2D eigenvalue weighted by atomic mass is 10.4. The van der Waals surface area contributed by atoms with Crippen LogP contribution in [0, 0.1) is 0 Å². The summed E-state index contributed by atoms with van der Waals surface area (Å²) in [6.07, 6.45) is 5.12. The standard InChI is InChI=1S/C7H9BrO/c1-3-7(8)5-4-6(2)9/h3-5,9H,2H2,1H3/b5-4-,7-3+. The van der Waals surface area contributed by atoms with Crippen molar-refractivity contribution >= 4 is 15.9 Å². The van der Waals surface area contributed by atoms with E-state index in [1.807, 2.05) is 13.0 Å². The van der Waals surface area contributed by atoms with Crippen LogP contribution in [0.15, 0.2) is 35.0 Å². The maximum absolute atomic E-state index is 8.57. The summed E-state index contributed by atoms with van der Waals surface area (Å²) in [5.74, 6) is 0.0637. The molecule has 1 nitrogen and oxygen atoms in total. The van der Waals surface area contributed by atoms with Gasteiger partial charge < -0.3 is 5.11 Å². The minimum atomic E-state index is 0.0637. The van der Waals surface area contributed by atoms with Crippen molar-refractivity contribution in [2.24, 2.45) is 0 Å². The van der Waals surface area contributed by atoms with Gasteiger partial charge in [-0.25, -0.2) is 0 Å². The van der Waals surface area contributed by atoms with E-state index < -0.39 is 0 Å². The van der Waals surface area contributed by atoms with Crippen molar-refractivity contribution < 1.29 is 5.11 Å². The average molecular weight is 189 g/mol. The van der Waals surface area contributed by atoms with E-state index in [2.05, 4.69) is 22.5 Å². The van der Waals surface area contributed by atoms with Crippen LogP contribution in [0.5, 0.6) is 0 Å². The molecule has 0 aliphatic rings. The molecule has 0 spiro atoms. The van der Waals surface area contributed by atoms with E-state index in [-0.39, 0.29) is 5.76 Å². The zero-order valence-corrected chi connectivity index (χ0v) is 6.85. The Morgan fingerprint density at radius 1 is 1.56 bits per heavy atom. The van der Waals surface area contributed by atoms with Crippen molar-refractivity contribution in [1.29, 1.82) is 0 Å². The van der Waals surface area contributed by atoms with Gasteiger partial charge in [-0.15, -0.1) is 0 Å². The molecule has 0 atom stereocenters. The second-order valence-electron chi connectivity index (χ2n) is 1.50. The number of aliphatic hydroxyl groups is 1. The second kappa shape index (κ2) is 4.39. The Morgan fingerprint density at radius 2 is 2.11 bits per heavy atom. The highest BCUT2D eigenvalue weighted by Gasteiger charge is 1.79. The number of allylic oxidation sites excluding steroid dienone is 4. The first-order valence-electron chi connectivity index (χ1n) is 2.54. The van der Waals surface area contributed by atoms with Crippen molar-refractivity contribution in [2.45, 2.75) is 6.92 Å².